The molecule has 5 nitrogen and oxygen atoms in total. The Kier molecular flexibility index (Phi) is 6.34. The van der Waals surface area contributed by atoms with Gasteiger partial charge in [-0.1, -0.05) is 26.7 Å². The molecule has 3 atom stereocenters. The van der Waals surface area contributed by atoms with E-state index < -0.39 is 6.17 Å². The molecule has 6 heteroatoms. The van der Waals surface area contributed by atoms with Gasteiger partial charge in [0.05, 0.1) is 6.04 Å². The normalized spacial score (nSPS) is 38.1. The van der Waals surface area contributed by atoms with E-state index in [4.69, 9.17) is 0 Å². The molecule has 1 aliphatic carbocycles. The van der Waals surface area contributed by atoms with Crippen LogP contribution < -0.4 is 10.7 Å². The first-order valence-corrected chi connectivity index (χ1v) is 10.2. The third-order valence-electron chi connectivity index (χ3n) is 6.67. The second-order valence-electron chi connectivity index (χ2n) is 8.39. The fraction of sp³-hybridized carbons (Fsp3) is 0.947. The highest BCUT2D eigenvalue weighted by Gasteiger charge is 2.44. The first kappa shape index (κ1) is 19.1. The predicted octanol–water partition coefficient (Wildman–Crippen LogP) is 2.08. The molecule has 3 aliphatic heterocycles. The van der Waals surface area contributed by atoms with Gasteiger partial charge in [-0.2, -0.15) is 0 Å². The van der Waals surface area contributed by atoms with Gasteiger partial charge in [-0.05, 0) is 44.2 Å². The smallest absolute Gasteiger partial charge is 0.221 e. The minimum Gasteiger partial charge on any atom is -0.351 e. The molecule has 1 amide bonds. The zero-order chi connectivity index (χ0) is 17.9. The van der Waals surface area contributed by atoms with Crippen LogP contribution in [-0.4, -0.2) is 66.8 Å². The molecule has 2 bridgehead atoms. The summed E-state index contributed by atoms with van der Waals surface area (Å²) >= 11 is 0. The Morgan fingerprint density at radius 3 is 2.64 bits per heavy atom. The number of rotatable bonds is 7. The summed E-state index contributed by atoms with van der Waals surface area (Å²) in [7, 11) is 0. The number of fused-ring (bicyclic) bond motifs is 3. The van der Waals surface area contributed by atoms with Crippen molar-refractivity contribution in [3.63, 3.8) is 0 Å². The van der Waals surface area contributed by atoms with Crippen LogP contribution in [0.2, 0.25) is 0 Å². The molecule has 3 heterocycles. The highest BCUT2D eigenvalue weighted by molar-refractivity contribution is 5.76. The standard InChI is InChI=1S/C19H35FN4O/c1-3-24(16-7-5-4-6-15(16)20)21-11-8-18(25)22-17-14-23-12-9-19(17,2)10-13-23/h15-17,21H,3-14H2,1-2H3,(H,22,25). The highest BCUT2D eigenvalue weighted by atomic mass is 19.1. The molecular weight excluding hydrogens is 319 g/mol. The second-order valence-corrected chi connectivity index (χ2v) is 8.39. The molecule has 1 saturated carbocycles. The zero-order valence-corrected chi connectivity index (χ0v) is 15.9. The number of hydrogen-bond donors (Lipinski definition) is 2. The Morgan fingerprint density at radius 1 is 1.28 bits per heavy atom. The zero-order valence-electron chi connectivity index (χ0n) is 15.9. The summed E-state index contributed by atoms with van der Waals surface area (Å²) in [6, 6.07) is 0.237. The minimum absolute atomic E-state index is 0.0393. The third-order valence-corrected chi connectivity index (χ3v) is 6.67. The molecule has 25 heavy (non-hydrogen) atoms. The number of piperidine rings is 3. The predicted molar refractivity (Wildman–Crippen MR) is 97.9 cm³/mol. The Bertz CT molecular complexity index is 453. The van der Waals surface area contributed by atoms with Crippen LogP contribution in [0.4, 0.5) is 4.39 Å². The van der Waals surface area contributed by atoms with Crippen LogP contribution in [-0.2, 0) is 4.79 Å². The molecule has 0 aromatic heterocycles. The highest BCUT2D eigenvalue weighted by Crippen LogP contribution is 2.39. The summed E-state index contributed by atoms with van der Waals surface area (Å²) in [5, 5.41) is 5.26. The van der Waals surface area contributed by atoms with Gasteiger partial charge in [-0.3, -0.25) is 10.2 Å². The quantitative estimate of drug-likeness (QED) is 0.687. The maximum Gasteiger partial charge on any atom is 0.221 e. The van der Waals surface area contributed by atoms with Gasteiger partial charge in [0.2, 0.25) is 5.91 Å². The van der Waals surface area contributed by atoms with Gasteiger partial charge in [0.1, 0.15) is 6.17 Å². The van der Waals surface area contributed by atoms with Gasteiger partial charge >= 0.3 is 0 Å². The molecule has 3 saturated heterocycles. The summed E-state index contributed by atoms with van der Waals surface area (Å²) in [5.74, 6) is 0.115. The number of nitrogens with one attached hydrogen (secondary N) is 2. The number of carbonyl (C=O) groups excluding carboxylic acids is 1. The average molecular weight is 355 g/mol. The summed E-state index contributed by atoms with van der Waals surface area (Å²) in [4.78, 5) is 14.8. The fourth-order valence-corrected chi connectivity index (χ4v) is 4.75. The maximum atomic E-state index is 14.1. The Hall–Kier alpha value is -0.720. The van der Waals surface area contributed by atoms with Crippen molar-refractivity contribution >= 4 is 5.91 Å². The van der Waals surface area contributed by atoms with Gasteiger partial charge in [0.25, 0.3) is 0 Å². The lowest BCUT2D eigenvalue weighted by atomic mass is 9.70. The maximum absolute atomic E-state index is 14.1. The van der Waals surface area contributed by atoms with Crippen LogP contribution in [0.25, 0.3) is 0 Å². The Morgan fingerprint density at radius 2 is 2.00 bits per heavy atom. The van der Waals surface area contributed by atoms with Crippen LogP contribution in [0.15, 0.2) is 0 Å². The van der Waals surface area contributed by atoms with Crippen molar-refractivity contribution in [2.45, 2.75) is 77.0 Å². The first-order chi connectivity index (χ1) is 12.0. The van der Waals surface area contributed by atoms with E-state index in [-0.39, 0.29) is 23.4 Å². The molecule has 4 aliphatic rings. The molecule has 0 aromatic rings. The largest absolute Gasteiger partial charge is 0.351 e. The van der Waals surface area contributed by atoms with Crippen molar-refractivity contribution in [1.29, 1.82) is 0 Å². The van der Waals surface area contributed by atoms with E-state index in [1.807, 2.05) is 11.9 Å². The van der Waals surface area contributed by atoms with Crippen LogP contribution in [0.1, 0.15) is 58.8 Å². The Balaban J connectivity index is 1.41. The lowest BCUT2D eigenvalue weighted by Crippen LogP contribution is -2.62. The molecular formula is C19H35FN4O. The average Bonchev–Trinajstić information content (AvgIpc) is 2.61. The number of alkyl halides is 1. The van der Waals surface area contributed by atoms with E-state index in [0.717, 1.165) is 32.4 Å². The van der Waals surface area contributed by atoms with Crippen LogP contribution in [0.5, 0.6) is 0 Å². The summed E-state index contributed by atoms with van der Waals surface area (Å²) < 4.78 is 14.1. The molecule has 0 aromatic carbocycles. The summed E-state index contributed by atoms with van der Waals surface area (Å²) in [5.41, 5.74) is 3.56. The number of hydrazine groups is 1. The third kappa shape index (κ3) is 4.52. The van der Waals surface area contributed by atoms with Gasteiger partial charge in [0, 0.05) is 32.1 Å². The SMILES string of the molecule is CCN(NCCC(=O)NC1CN2CCC1(C)CC2)C1CCCCC1F. The van der Waals surface area contributed by atoms with Crippen molar-refractivity contribution in [1.82, 2.24) is 20.7 Å². The van der Waals surface area contributed by atoms with E-state index >= 15 is 0 Å². The van der Waals surface area contributed by atoms with Gasteiger partial charge in [-0.15, -0.1) is 0 Å². The van der Waals surface area contributed by atoms with E-state index in [9.17, 15) is 9.18 Å². The van der Waals surface area contributed by atoms with Crippen molar-refractivity contribution in [3.8, 4) is 0 Å². The molecule has 0 spiro atoms. The van der Waals surface area contributed by atoms with E-state index in [0.29, 0.717) is 19.4 Å². The summed E-state index contributed by atoms with van der Waals surface area (Å²) in [6.07, 6.45) is 5.73. The van der Waals surface area contributed by atoms with Crippen molar-refractivity contribution in [2.24, 2.45) is 5.41 Å². The number of carbonyl (C=O) groups is 1. The van der Waals surface area contributed by atoms with Crippen LogP contribution >= 0.6 is 0 Å². The molecule has 0 radical (unpaired) electrons. The molecule has 3 unspecified atom stereocenters. The van der Waals surface area contributed by atoms with Gasteiger partial charge in [-0.25, -0.2) is 9.40 Å². The number of hydrogen-bond acceptors (Lipinski definition) is 4. The monoisotopic (exact) mass is 354 g/mol. The molecule has 4 rings (SSSR count). The van der Waals surface area contributed by atoms with Crippen LogP contribution in [0, 0.1) is 5.41 Å². The number of halogens is 1. The molecule has 2 N–H and O–H groups in total. The number of amides is 1. The van der Waals surface area contributed by atoms with E-state index in [2.05, 4.69) is 22.6 Å². The van der Waals surface area contributed by atoms with Gasteiger partial charge in [0.15, 0.2) is 0 Å². The van der Waals surface area contributed by atoms with Crippen LogP contribution in [0.3, 0.4) is 0 Å². The molecule has 144 valence electrons. The molecule has 4 fully saturated rings. The lowest BCUT2D eigenvalue weighted by molar-refractivity contribution is -0.124. The van der Waals surface area contributed by atoms with Gasteiger partial charge < -0.3 is 10.2 Å². The van der Waals surface area contributed by atoms with E-state index in [1.165, 1.54) is 25.9 Å². The Labute approximate surface area is 151 Å². The van der Waals surface area contributed by atoms with E-state index in [1.54, 1.807) is 0 Å². The van der Waals surface area contributed by atoms with Crippen molar-refractivity contribution in [3.05, 3.63) is 0 Å². The topological polar surface area (TPSA) is 47.6 Å². The first-order valence-electron chi connectivity index (χ1n) is 10.2. The van der Waals surface area contributed by atoms with Crippen molar-refractivity contribution in [2.75, 3.05) is 32.7 Å². The fourth-order valence-electron chi connectivity index (χ4n) is 4.75. The number of nitrogens with zero attached hydrogens (tertiary/aromatic N) is 2. The summed E-state index contributed by atoms with van der Waals surface area (Å²) in [6.45, 7) is 9.03. The second kappa shape index (κ2) is 8.31. The lowest BCUT2D eigenvalue weighted by Gasteiger charge is -2.52. The van der Waals surface area contributed by atoms with Crippen molar-refractivity contribution < 1.29 is 9.18 Å². The minimum atomic E-state index is -0.748.